The van der Waals surface area contributed by atoms with Crippen LogP contribution in [0.2, 0.25) is 18.6 Å². The summed E-state index contributed by atoms with van der Waals surface area (Å²) in [5.74, 6) is 0. The molecular weight excluding hydrogens is 270 g/mol. The third-order valence-electron chi connectivity index (χ3n) is 1.13. The van der Waals surface area contributed by atoms with Crippen LogP contribution in [0.25, 0.3) is 0 Å². The Labute approximate surface area is 97.0 Å². The van der Waals surface area contributed by atoms with E-state index in [1.807, 2.05) is 13.5 Å². The van der Waals surface area contributed by atoms with Crippen molar-refractivity contribution in [3.8, 4) is 0 Å². The molecule has 0 aliphatic carbocycles. The standard InChI is InChI=1S/2C3H8Cl2Si/c1-3-6(2,4)5;1-2-3-6(4)5/h3H2,1-2H3;6H,2-3H2,1H3. The summed E-state index contributed by atoms with van der Waals surface area (Å²) in [6.07, 6.45) is 1.13. The first-order chi connectivity index (χ1) is 5.33. The lowest BCUT2D eigenvalue weighted by atomic mass is 10.6. The molecule has 0 saturated carbocycles. The summed E-state index contributed by atoms with van der Waals surface area (Å²) in [6.45, 7) is 4.32. The van der Waals surface area contributed by atoms with E-state index in [0.717, 1.165) is 18.5 Å². The van der Waals surface area contributed by atoms with Crippen molar-refractivity contribution in [1.82, 2.24) is 0 Å². The lowest BCUT2D eigenvalue weighted by Crippen LogP contribution is -2.08. The Balaban J connectivity index is 0. The maximum atomic E-state index is 5.62. The molecular formula is C6H16Cl4Si2. The van der Waals surface area contributed by atoms with Gasteiger partial charge in [-0.15, -0.1) is 22.2 Å². The zero-order valence-electron chi connectivity index (χ0n) is 7.71. The minimum atomic E-state index is -1.69. The lowest BCUT2D eigenvalue weighted by molar-refractivity contribution is 1.08. The van der Waals surface area contributed by atoms with Gasteiger partial charge in [-0.2, -0.15) is 22.2 Å². The average Bonchev–Trinajstić information content (AvgIpc) is 1.87. The summed E-state index contributed by atoms with van der Waals surface area (Å²) in [5, 5.41) is 0. The van der Waals surface area contributed by atoms with Crippen LogP contribution in [0.1, 0.15) is 20.3 Å². The van der Waals surface area contributed by atoms with Gasteiger partial charge >= 0.3 is 0 Å². The van der Waals surface area contributed by atoms with Crippen LogP contribution in [-0.4, -0.2) is 14.1 Å². The number of halogens is 4. The van der Waals surface area contributed by atoms with E-state index in [1.54, 1.807) is 0 Å². The number of hydrogen-bond acceptors (Lipinski definition) is 0. The maximum Gasteiger partial charge on any atom is 0.248 e. The SMILES string of the molecule is CCC[SiH](Cl)Cl.CC[Si](C)(Cl)Cl. The molecule has 0 saturated heterocycles. The van der Waals surface area contributed by atoms with Gasteiger partial charge in [-0.25, -0.2) is 0 Å². The first-order valence-electron chi connectivity index (χ1n) is 3.99. The molecule has 0 aromatic rings. The zero-order chi connectivity index (χ0) is 10.2. The highest BCUT2D eigenvalue weighted by atomic mass is 35.7. The van der Waals surface area contributed by atoms with Crippen LogP contribution in [0.5, 0.6) is 0 Å². The highest BCUT2D eigenvalue weighted by Crippen LogP contribution is 2.17. The van der Waals surface area contributed by atoms with Crippen LogP contribution >= 0.6 is 44.3 Å². The highest BCUT2D eigenvalue weighted by molar-refractivity contribution is 7.44. The lowest BCUT2D eigenvalue weighted by Gasteiger charge is -2.01. The van der Waals surface area contributed by atoms with E-state index in [0.29, 0.717) is 0 Å². The molecule has 6 heteroatoms. The fraction of sp³-hybridized carbons (Fsp3) is 1.00. The Hall–Kier alpha value is 1.59. The van der Waals surface area contributed by atoms with E-state index in [1.165, 1.54) is 0 Å². The second kappa shape index (κ2) is 9.16. The van der Waals surface area contributed by atoms with Gasteiger partial charge in [-0.1, -0.05) is 20.3 Å². The summed E-state index contributed by atoms with van der Waals surface area (Å²) in [7, 11) is -1.23. The van der Waals surface area contributed by atoms with Crippen LogP contribution < -0.4 is 0 Å². The molecule has 0 rings (SSSR count). The van der Waals surface area contributed by atoms with Gasteiger partial charge in [-0.05, 0) is 18.6 Å². The highest BCUT2D eigenvalue weighted by Gasteiger charge is 2.15. The van der Waals surface area contributed by atoms with E-state index in [2.05, 4.69) is 6.92 Å². The van der Waals surface area contributed by atoms with Gasteiger partial charge in [0, 0.05) is 0 Å². The van der Waals surface area contributed by atoms with E-state index in [-0.39, 0.29) is 0 Å². The average molecular weight is 286 g/mol. The topological polar surface area (TPSA) is 0 Å². The largest absolute Gasteiger partial charge is 0.248 e. The maximum absolute atomic E-state index is 5.62. The van der Waals surface area contributed by atoms with Crippen molar-refractivity contribution in [1.29, 1.82) is 0 Å². The quantitative estimate of drug-likeness (QED) is 0.523. The summed E-state index contributed by atoms with van der Waals surface area (Å²) in [4.78, 5) is 0. The molecule has 0 aromatic carbocycles. The molecule has 0 bridgehead atoms. The van der Waals surface area contributed by atoms with Crippen molar-refractivity contribution in [3.05, 3.63) is 0 Å². The summed E-state index contributed by atoms with van der Waals surface area (Å²) in [6, 6.07) is 1.99. The van der Waals surface area contributed by atoms with Crippen molar-refractivity contribution < 1.29 is 0 Å². The molecule has 76 valence electrons. The third-order valence-corrected chi connectivity index (χ3v) is 6.30. The van der Waals surface area contributed by atoms with Gasteiger partial charge in [0.25, 0.3) is 0 Å². The van der Waals surface area contributed by atoms with Gasteiger partial charge in [0.1, 0.15) is 0 Å². The molecule has 0 N–H and O–H groups in total. The first kappa shape index (κ1) is 16.0. The van der Waals surface area contributed by atoms with Crippen LogP contribution in [-0.2, 0) is 0 Å². The smallest absolute Gasteiger partial charge is 0.150 e. The molecule has 12 heavy (non-hydrogen) atoms. The number of hydrogen-bond donors (Lipinski definition) is 0. The van der Waals surface area contributed by atoms with Crippen LogP contribution in [0.4, 0.5) is 0 Å². The Bertz CT molecular complexity index is 92.0. The van der Waals surface area contributed by atoms with Crippen LogP contribution in [0, 0.1) is 0 Å². The predicted molar refractivity (Wildman–Crippen MR) is 67.8 cm³/mol. The van der Waals surface area contributed by atoms with Crippen molar-refractivity contribution in [2.24, 2.45) is 0 Å². The van der Waals surface area contributed by atoms with Crippen molar-refractivity contribution in [2.45, 2.75) is 38.9 Å². The Kier molecular flexibility index (Phi) is 12.2. The van der Waals surface area contributed by atoms with Crippen LogP contribution in [0.15, 0.2) is 0 Å². The first-order valence-corrected chi connectivity index (χ1v) is 13.0. The zero-order valence-corrected chi connectivity index (χ0v) is 12.9. The van der Waals surface area contributed by atoms with Crippen molar-refractivity contribution in [3.63, 3.8) is 0 Å². The van der Waals surface area contributed by atoms with Crippen molar-refractivity contribution in [2.75, 3.05) is 0 Å². The molecule has 0 aliphatic rings. The van der Waals surface area contributed by atoms with Gasteiger partial charge < -0.3 is 0 Å². The monoisotopic (exact) mass is 284 g/mol. The third kappa shape index (κ3) is 22.6. The Morgan fingerprint density at radius 2 is 1.50 bits per heavy atom. The molecule has 0 fully saturated rings. The van der Waals surface area contributed by atoms with E-state index >= 15 is 0 Å². The minimum Gasteiger partial charge on any atom is -0.150 e. The second-order valence-electron chi connectivity index (χ2n) is 2.60. The normalized spacial score (nSPS) is 11.0. The summed E-state index contributed by atoms with van der Waals surface area (Å²) < 4.78 is 0. The van der Waals surface area contributed by atoms with E-state index < -0.39 is 14.1 Å². The molecule has 0 heterocycles. The molecule has 0 amide bonds. The molecule has 0 nitrogen and oxygen atoms in total. The fourth-order valence-electron chi connectivity index (χ4n) is 0.218. The van der Waals surface area contributed by atoms with Gasteiger partial charge in [0.15, 0.2) is 0 Å². The van der Waals surface area contributed by atoms with Gasteiger partial charge in [-0.3, -0.25) is 0 Å². The van der Waals surface area contributed by atoms with E-state index in [9.17, 15) is 0 Å². The molecule has 0 radical (unpaired) electrons. The molecule has 0 unspecified atom stereocenters. The summed E-state index contributed by atoms with van der Waals surface area (Å²) >= 11 is 22.2. The second-order valence-corrected chi connectivity index (χ2v) is 16.2. The predicted octanol–water partition coefficient (Wildman–Crippen LogP) is 4.65. The van der Waals surface area contributed by atoms with Crippen LogP contribution in [0.3, 0.4) is 0 Å². The van der Waals surface area contributed by atoms with Gasteiger partial charge in [0.2, 0.25) is 14.1 Å². The molecule has 0 aliphatic heterocycles. The van der Waals surface area contributed by atoms with Gasteiger partial charge in [0.05, 0.1) is 0 Å². The van der Waals surface area contributed by atoms with Crippen molar-refractivity contribution >= 4 is 58.4 Å². The fourth-order valence-corrected chi connectivity index (χ4v) is 1.96. The Morgan fingerprint density at radius 1 is 1.17 bits per heavy atom. The molecule has 0 spiro atoms. The Morgan fingerprint density at radius 3 is 1.50 bits per heavy atom. The molecule has 0 atom stereocenters. The molecule has 0 aromatic heterocycles. The minimum absolute atomic E-state index is 0.941. The van der Waals surface area contributed by atoms with E-state index in [4.69, 9.17) is 44.3 Å². The summed E-state index contributed by atoms with van der Waals surface area (Å²) in [5.41, 5.74) is 0. The number of rotatable bonds is 3.